The molecule has 195 valence electrons. The predicted octanol–water partition coefficient (Wildman–Crippen LogP) is 0.609. The van der Waals surface area contributed by atoms with Crippen molar-refractivity contribution in [2.24, 2.45) is 11.7 Å². The minimum Gasteiger partial charge on any atom is -0.489 e. The van der Waals surface area contributed by atoms with Gasteiger partial charge in [-0.15, -0.1) is 0 Å². The van der Waals surface area contributed by atoms with Gasteiger partial charge in [0.15, 0.2) is 0 Å². The molecule has 0 bridgehead atoms. The minimum atomic E-state index is -3.67. The van der Waals surface area contributed by atoms with E-state index in [2.05, 4.69) is 15.5 Å². The highest BCUT2D eigenvalue weighted by molar-refractivity contribution is 7.89. The number of rotatable bonds is 11. The van der Waals surface area contributed by atoms with Crippen molar-refractivity contribution in [1.82, 2.24) is 19.8 Å². The number of nitrogens with two attached hydrogens (primary N) is 1. The first kappa shape index (κ1) is 27.7. The average molecular weight is 529 g/mol. The smallest absolute Gasteiger partial charge is 0.243 e. The van der Waals surface area contributed by atoms with E-state index >= 15 is 0 Å². The molecule has 1 aromatic rings. The number of nitrogens with zero attached hydrogens (tertiary/aromatic N) is 2. The van der Waals surface area contributed by atoms with Crippen LogP contribution >= 0.6 is 11.6 Å². The van der Waals surface area contributed by atoms with Crippen molar-refractivity contribution < 1.29 is 22.7 Å². The summed E-state index contributed by atoms with van der Waals surface area (Å²) in [7, 11) is -3.67. The van der Waals surface area contributed by atoms with Gasteiger partial charge < -0.3 is 21.1 Å². The number of benzene rings is 1. The zero-order chi connectivity index (χ0) is 25.4. The summed E-state index contributed by atoms with van der Waals surface area (Å²) in [6, 6.07) is 4.65. The number of sulfonamides is 1. The molecule has 12 heteroatoms. The number of amides is 2. The second kappa shape index (κ2) is 12.9. The topological polar surface area (TPSA) is 134 Å². The Balaban J connectivity index is 1.44. The van der Waals surface area contributed by atoms with Crippen LogP contribution in [0.3, 0.4) is 0 Å². The lowest BCUT2D eigenvalue weighted by Gasteiger charge is -2.34. The Hall–Kier alpha value is -1.92. The summed E-state index contributed by atoms with van der Waals surface area (Å²) in [6.07, 6.45) is 3.57. The Morgan fingerprint density at radius 2 is 1.94 bits per heavy atom. The van der Waals surface area contributed by atoms with E-state index in [1.165, 1.54) is 16.8 Å². The largest absolute Gasteiger partial charge is 0.489 e. The van der Waals surface area contributed by atoms with Gasteiger partial charge in [-0.3, -0.25) is 14.5 Å². The Kier molecular flexibility index (Phi) is 10.2. The van der Waals surface area contributed by atoms with Crippen LogP contribution in [0.15, 0.2) is 23.1 Å². The van der Waals surface area contributed by atoms with Crippen LogP contribution < -0.4 is 21.1 Å². The van der Waals surface area contributed by atoms with Crippen molar-refractivity contribution in [3.63, 3.8) is 0 Å². The van der Waals surface area contributed by atoms with Crippen LogP contribution in [0.25, 0.3) is 0 Å². The lowest BCUT2D eigenvalue weighted by Crippen LogP contribution is -2.50. The normalized spacial score (nSPS) is 19.3. The van der Waals surface area contributed by atoms with Gasteiger partial charge in [0, 0.05) is 45.2 Å². The Morgan fingerprint density at radius 1 is 1.26 bits per heavy atom. The number of carbonyl (C=O) groups excluding carboxylic acids is 2. The molecule has 2 heterocycles. The van der Waals surface area contributed by atoms with Gasteiger partial charge in [0.1, 0.15) is 11.9 Å². The fraction of sp³-hybridized carbons (Fsp3) is 0.609. The van der Waals surface area contributed by atoms with Gasteiger partial charge in [-0.1, -0.05) is 18.5 Å². The summed E-state index contributed by atoms with van der Waals surface area (Å²) in [5.74, 6) is -0.566. The zero-order valence-corrected chi connectivity index (χ0v) is 21.6. The van der Waals surface area contributed by atoms with Crippen LogP contribution in [0.1, 0.15) is 26.2 Å². The standard InChI is InChI=1S/C23H35ClN5O5S/c1-17(23(25)31)2-5-22(30)27-10-11-28-12-14-29(15-13-28)35(32,33)19-3-4-21(20(24)16-19)34-18-6-8-26-9-7-18/h3-5,16-18,26H,2,6-15H2,1H3,(H2,25,31)(H,27,30)/t17-/m0/s1. The van der Waals surface area contributed by atoms with Gasteiger partial charge in [-0.25, -0.2) is 8.42 Å². The molecular formula is C23H35ClN5O5S. The summed E-state index contributed by atoms with van der Waals surface area (Å²) in [5.41, 5.74) is 5.19. The third-order valence-electron chi connectivity index (χ3n) is 6.32. The molecule has 0 saturated carbocycles. The van der Waals surface area contributed by atoms with Gasteiger partial charge in [0.2, 0.25) is 21.8 Å². The van der Waals surface area contributed by atoms with E-state index in [-0.39, 0.29) is 22.8 Å². The lowest BCUT2D eigenvalue weighted by atomic mass is 10.1. The molecule has 35 heavy (non-hydrogen) atoms. The SMILES string of the molecule is C[C@@H](C[CH]C(=O)NCCN1CCN(S(=O)(=O)c2ccc(OC3CCNCC3)c(Cl)c2)CC1)C(N)=O. The summed E-state index contributed by atoms with van der Waals surface area (Å²) < 4.78 is 33.7. The van der Waals surface area contributed by atoms with Gasteiger partial charge in [-0.2, -0.15) is 4.31 Å². The highest BCUT2D eigenvalue weighted by atomic mass is 35.5. The molecule has 0 aromatic heterocycles. The van der Waals surface area contributed by atoms with Crippen LogP contribution in [0.5, 0.6) is 5.75 Å². The molecule has 2 aliphatic rings. The van der Waals surface area contributed by atoms with E-state index in [0.717, 1.165) is 25.9 Å². The molecule has 0 unspecified atom stereocenters. The van der Waals surface area contributed by atoms with Crippen molar-refractivity contribution in [2.75, 3.05) is 52.4 Å². The minimum absolute atomic E-state index is 0.0747. The molecule has 2 fully saturated rings. The van der Waals surface area contributed by atoms with E-state index in [1.807, 2.05) is 0 Å². The highest BCUT2D eigenvalue weighted by Crippen LogP contribution is 2.30. The second-order valence-corrected chi connectivity index (χ2v) is 11.3. The number of carbonyl (C=O) groups is 2. The van der Waals surface area contributed by atoms with Crippen LogP contribution in [0, 0.1) is 12.3 Å². The maximum Gasteiger partial charge on any atom is 0.243 e. The zero-order valence-electron chi connectivity index (χ0n) is 20.0. The van der Waals surface area contributed by atoms with Gasteiger partial charge in [0.05, 0.1) is 16.3 Å². The molecule has 2 aliphatic heterocycles. The van der Waals surface area contributed by atoms with Gasteiger partial charge in [0.25, 0.3) is 0 Å². The molecule has 3 rings (SSSR count). The third-order valence-corrected chi connectivity index (χ3v) is 8.51. The monoisotopic (exact) mass is 528 g/mol. The number of hydrogen-bond donors (Lipinski definition) is 3. The average Bonchev–Trinajstić information content (AvgIpc) is 2.84. The van der Waals surface area contributed by atoms with Crippen LogP contribution in [0.2, 0.25) is 5.02 Å². The maximum atomic E-state index is 13.1. The number of primary amides is 1. The van der Waals surface area contributed by atoms with E-state index in [4.69, 9.17) is 22.1 Å². The van der Waals surface area contributed by atoms with Crippen LogP contribution in [-0.2, 0) is 19.6 Å². The quantitative estimate of drug-likeness (QED) is 0.383. The number of piperazine rings is 1. The molecule has 2 saturated heterocycles. The second-order valence-electron chi connectivity index (χ2n) is 8.94. The molecular weight excluding hydrogens is 494 g/mol. The first-order chi connectivity index (χ1) is 16.7. The number of ether oxygens (including phenoxy) is 1. The summed E-state index contributed by atoms with van der Waals surface area (Å²) >= 11 is 6.36. The molecule has 4 N–H and O–H groups in total. The number of nitrogens with one attached hydrogen (secondary N) is 2. The maximum absolute atomic E-state index is 13.1. The molecule has 2 amide bonds. The third kappa shape index (κ3) is 8.04. The summed E-state index contributed by atoms with van der Waals surface area (Å²) in [6.45, 7) is 6.31. The van der Waals surface area contributed by atoms with Gasteiger partial charge >= 0.3 is 0 Å². The predicted molar refractivity (Wildman–Crippen MR) is 133 cm³/mol. The first-order valence-corrected chi connectivity index (χ1v) is 13.8. The van der Waals surface area contributed by atoms with E-state index in [0.29, 0.717) is 56.5 Å². The van der Waals surface area contributed by atoms with Crippen LogP contribution in [0.4, 0.5) is 0 Å². The van der Waals surface area contributed by atoms with Crippen LogP contribution in [-0.4, -0.2) is 87.9 Å². The molecule has 10 nitrogen and oxygen atoms in total. The number of halogens is 1. The summed E-state index contributed by atoms with van der Waals surface area (Å²) in [4.78, 5) is 25.1. The van der Waals surface area contributed by atoms with Crippen molar-refractivity contribution in [3.8, 4) is 5.75 Å². The summed E-state index contributed by atoms with van der Waals surface area (Å²) in [5, 5.41) is 6.35. The fourth-order valence-corrected chi connectivity index (χ4v) is 5.72. The molecule has 0 aliphatic carbocycles. The number of piperidine rings is 1. The van der Waals surface area contributed by atoms with E-state index in [9.17, 15) is 18.0 Å². The first-order valence-electron chi connectivity index (χ1n) is 12.0. The molecule has 1 radical (unpaired) electrons. The molecule has 1 atom stereocenters. The Bertz CT molecular complexity index is 979. The van der Waals surface area contributed by atoms with Crippen molar-refractivity contribution in [3.05, 3.63) is 29.6 Å². The van der Waals surface area contributed by atoms with Gasteiger partial charge in [-0.05, 0) is 50.6 Å². The van der Waals surface area contributed by atoms with E-state index in [1.54, 1.807) is 19.1 Å². The molecule has 1 aromatic carbocycles. The highest BCUT2D eigenvalue weighted by Gasteiger charge is 2.29. The van der Waals surface area contributed by atoms with E-state index < -0.39 is 15.9 Å². The Labute approximate surface area is 212 Å². The lowest BCUT2D eigenvalue weighted by molar-refractivity contribution is -0.121. The molecule has 0 spiro atoms. The van der Waals surface area contributed by atoms with Crippen molar-refractivity contribution >= 4 is 33.4 Å². The Morgan fingerprint density at radius 3 is 2.57 bits per heavy atom. The van der Waals surface area contributed by atoms with Crippen molar-refractivity contribution in [2.45, 2.75) is 37.2 Å². The van der Waals surface area contributed by atoms with Crippen molar-refractivity contribution in [1.29, 1.82) is 0 Å². The fourth-order valence-electron chi connectivity index (χ4n) is 3.98. The number of hydrogen-bond acceptors (Lipinski definition) is 7.